The molecule has 0 saturated carbocycles. The molecule has 132 valence electrons. The lowest BCUT2D eigenvalue weighted by Crippen LogP contribution is -3.00. The lowest BCUT2D eigenvalue weighted by Gasteiger charge is -2.31. The van der Waals surface area contributed by atoms with Gasteiger partial charge in [-0.2, -0.15) is 0 Å². The molecular formula is C24H24IP. The Morgan fingerprint density at radius 2 is 0.962 bits per heavy atom. The second kappa shape index (κ2) is 8.97. The van der Waals surface area contributed by atoms with Crippen LogP contribution in [0, 0.1) is 0 Å². The van der Waals surface area contributed by atoms with Crippen LogP contribution in [0.5, 0.6) is 0 Å². The van der Waals surface area contributed by atoms with Crippen molar-refractivity contribution in [2.24, 2.45) is 0 Å². The zero-order valence-electron chi connectivity index (χ0n) is 14.9. The van der Waals surface area contributed by atoms with Crippen molar-refractivity contribution in [3.63, 3.8) is 0 Å². The average molecular weight is 470 g/mol. The van der Waals surface area contributed by atoms with Crippen LogP contribution in [0.15, 0.2) is 102 Å². The Labute approximate surface area is 174 Å². The molecule has 4 rings (SSSR count). The van der Waals surface area contributed by atoms with Gasteiger partial charge in [0.25, 0.3) is 0 Å². The van der Waals surface area contributed by atoms with E-state index in [4.69, 9.17) is 0 Å². The predicted molar refractivity (Wildman–Crippen MR) is 112 cm³/mol. The minimum absolute atomic E-state index is 0. The summed E-state index contributed by atoms with van der Waals surface area (Å²) in [5, 5.41) is 6.07. The molecule has 0 saturated heterocycles. The summed E-state index contributed by atoms with van der Waals surface area (Å²) < 4.78 is 0. The number of halogens is 1. The summed E-state index contributed by atoms with van der Waals surface area (Å²) in [6.45, 7) is 0. The minimum atomic E-state index is -1.77. The highest BCUT2D eigenvalue weighted by atomic mass is 127. The maximum atomic E-state index is 2.55. The zero-order valence-corrected chi connectivity index (χ0v) is 17.9. The van der Waals surface area contributed by atoms with Crippen LogP contribution in [0.25, 0.3) is 0 Å². The van der Waals surface area contributed by atoms with E-state index in [2.05, 4.69) is 97.1 Å². The molecule has 3 aromatic carbocycles. The van der Waals surface area contributed by atoms with Crippen LogP contribution >= 0.6 is 7.26 Å². The van der Waals surface area contributed by atoms with Gasteiger partial charge in [-0.1, -0.05) is 54.6 Å². The third-order valence-corrected chi connectivity index (χ3v) is 9.61. The highest BCUT2D eigenvalue weighted by molar-refractivity contribution is 7.99. The maximum absolute atomic E-state index is 2.55. The first kappa shape index (κ1) is 19.3. The smallest absolute Gasteiger partial charge is 0.139 e. The molecule has 0 atom stereocenters. The molecule has 0 unspecified atom stereocenters. The van der Waals surface area contributed by atoms with E-state index in [1.165, 1.54) is 41.6 Å². The Balaban J connectivity index is 0.00000196. The molecule has 0 bridgehead atoms. The van der Waals surface area contributed by atoms with E-state index in [9.17, 15) is 0 Å². The van der Waals surface area contributed by atoms with Gasteiger partial charge in [0.2, 0.25) is 0 Å². The molecule has 0 amide bonds. The SMILES string of the molecule is C1=C([P+](c2ccccc2)(c2ccccc2)c2ccccc2)CCCC1.[I-]. The lowest BCUT2D eigenvalue weighted by molar-refractivity contribution is -0.00000482. The van der Waals surface area contributed by atoms with Gasteiger partial charge in [0.15, 0.2) is 0 Å². The third kappa shape index (κ3) is 3.52. The Hall–Kier alpha value is -1.44. The van der Waals surface area contributed by atoms with Crippen LogP contribution in [0.4, 0.5) is 0 Å². The second-order valence-electron chi connectivity index (χ2n) is 6.62. The summed E-state index contributed by atoms with van der Waals surface area (Å²) in [6.07, 6.45) is 7.60. The highest BCUT2D eigenvalue weighted by Crippen LogP contribution is 2.64. The summed E-state index contributed by atoms with van der Waals surface area (Å²) in [7, 11) is -1.77. The van der Waals surface area contributed by atoms with Crippen LogP contribution in [-0.2, 0) is 0 Å². The van der Waals surface area contributed by atoms with E-state index in [-0.39, 0.29) is 24.0 Å². The number of benzene rings is 3. The number of rotatable bonds is 4. The molecule has 0 aliphatic heterocycles. The second-order valence-corrected chi connectivity index (χ2v) is 10.1. The Morgan fingerprint density at radius 1 is 0.538 bits per heavy atom. The van der Waals surface area contributed by atoms with Gasteiger partial charge in [0.05, 0.1) is 5.31 Å². The first-order valence-corrected chi connectivity index (χ1v) is 11.0. The molecule has 0 fully saturated rings. The van der Waals surface area contributed by atoms with Crippen LogP contribution in [0.2, 0.25) is 0 Å². The quantitative estimate of drug-likeness (QED) is 0.406. The van der Waals surface area contributed by atoms with Gasteiger partial charge in [-0.3, -0.25) is 0 Å². The van der Waals surface area contributed by atoms with Gasteiger partial charge in [-0.25, -0.2) is 0 Å². The molecule has 0 aromatic heterocycles. The van der Waals surface area contributed by atoms with Crippen LogP contribution in [0.1, 0.15) is 25.7 Å². The van der Waals surface area contributed by atoms with Crippen molar-refractivity contribution in [1.82, 2.24) is 0 Å². The summed E-state index contributed by atoms with van der Waals surface area (Å²) in [5.74, 6) is 0. The molecule has 3 aromatic rings. The van der Waals surface area contributed by atoms with E-state index in [0.29, 0.717) is 0 Å². The molecule has 0 radical (unpaired) electrons. The first-order valence-electron chi connectivity index (χ1n) is 9.18. The van der Waals surface area contributed by atoms with Crippen molar-refractivity contribution < 1.29 is 24.0 Å². The van der Waals surface area contributed by atoms with Gasteiger partial charge in [-0.15, -0.1) is 0 Å². The summed E-state index contributed by atoms with van der Waals surface area (Å²) in [4.78, 5) is 0. The zero-order chi connectivity index (χ0) is 17.0. The largest absolute Gasteiger partial charge is 1.00 e. The van der Waals surface area contributed by atoms with Gasteiger partial charge in [-0.05, 0) is 61.7 Å². The van der Waals surface area contributed by atoms with Gasteiger partial charge in [0, 0.05) is 6.42 Å². The van der Waals surface area contributed by atoms with Crippen molar-refractivity contribution in [3.05, 3.63) is 102 Å². The molecule has 1 aliphatic carbocycles. The first-order chi connectivity index (χ1) is 12.4. The topological polar surface area (TPSA) is 0 Å². The van der Waals surface area contributed by atoms with Crippen LogP contribution < -0.4 is 39.9 Å². The fraction of sp³-hybridized carbons (Fsp3) is 0.167. The molecule has 0 N–H and O–H groups in total. The van der Waals surface area contributed by atoms with E-state index in [0.717, 1.165) is 0 Å². The summed E-state index contributed by atoms with van der Waals surface area (Å²) in [5.41, 5.74) is 0. The molecule has 0 nitrogen and oxygen atoms in total. The lowest BCUT2D eigenvalue weighted by atomic mass is 10.1. The normalized spacial score (nSPS) is 14.2. The molecule has 1 aliphatic rings. The third-order valence-electron chi connectivity index (χ3n) is 5.13. The Kier molecular flexibility index (Phi) is 6.67. The van der Waals surface area contributed by atoms with Crippen molar-refractivity contribution in [2.45, 2.75) is 25.7 Å². The average Bonchev–Trinajstić information content (AvgIpc) is 2.72. The van der Waals surface area contributed by atoms with Crippen molar-refractivity contribution in [2.75, 3.05) is 0 Å². The van der Waals surface area contributed by atoms with E-state index < -0.39 is 7.26 Å². The summed E-state index contributed by atoms with van der Waals surface area (Å²) in [6, 6.07) is 33.6. The Morgan fingerprint density at radius 3 is 1.31 bits per heavy atom. The molecule has 0 spiro atoms. The standard InChI is InChI=1S/C24H24P.HI/c1-5-13-21(14-6-1)25(22-15-7-2-8-16-22,23-17-9-3-10-18-23)24-19-11-4-12-20-24;/h1-3,5-10,13-19H,4,11-12,20H2;1H/q+1;/p-1. The molecule has 26 heavy (non-hydrogen) atoms. The van der Waals surface area contributed by atoms with Crippen LogP contribution in [-0.4, -0.2) is 0 Å². The van der Waals surface area contributed by atoms with Gasteiger partial charge in [0.1, 0.15) is 23.2 Å². The van der Waals surface area contributed by atoms with Gasteiger partial charge >= 0.3 is 0 Å². The monoisotopic (exact) mass is 470 g/mol. The molecular weight excluding hydrogens is 446 g/mol. The number of hydrogen-bond donors (Lipinski definition) is 0. The fourth-order valence-electron chi connectivity index (χ4n) is 4.03. The van der Waals surface area contributed by atoms with Crippen molar-refractivity contribution >= 4 is 23.2 Å². The minimum Gasteiger partial charge on any atom is -1.00 e. The van der Waals surface area contributed by atoms with E-state index >= 15 is 0 Å². The number of hydrogen-bond acceptors (Lipinski definition) is 0. The molecule has 0 heterocycles. The highest BCUT2D eigenvalue weighted by Gasteiger charge is 2.49. The van der Waals surface area contributed by atoms with Crippen molar-refractivity contribution in [3.8, 4) is 0 Å². The maximum Gasteiger partial charge on any atom is 0.139 e. The van der Waals surface area contributed by atoms with Crippen LogP contribution in [0.3, 0.4) is 0 Å². The predicted octanol–water partition coefficient (Wildman–Crippen LogP) is 2.44. The van der Waals surface area contributed by atoms with E-state index in [1.54, 1.807) is 5.31 Å². The Bertz CT molecular complexity index is 744. The fourth-order valence-corrected chi connectivity index (χ4v) is 8.67. The van der Waals surface area contributed by atoms with E-state index in [1.807, 2.05) is 0 Å². The summed E-state index contributed by atoms with van der Waals surface area (Å²) >= 11 is 0. The molecule has 2 heteroatoms. The number of allylic oxidation sites excluding steroid dienone is 2. The van der Waals surface area contributed by atoms with Crippen molar-refractivity contribution in [1.29, 1.82) is 0 Å². The van der Waals surface area contributed by atoms with Gasteiger partial charge < -0.3 is 24.0 Å².